The summed E-state index contributed by atoms with van der Waals surface area (Å²) in [5.74, 6) is 0.753. The van der Waals surface area contributed by atoms with Crippen molar-refractivity contribution in [3.05, 3.63) is 11.8 Å². The minimum atomic E-state index is -0.273. The van der Waals surface area contributed by atoms with Crippen LogP contribution in [0.1, 0.15) is 12.8 Å². The van der Waals surface area contributed by atoms with Gasteiger partial charge in [-0.1, -0.05) is 0 Å². The Hall–Kier alpha value is -0.500. The number of aliphatic hydroxyl groups excluding tert-OH is 2. The second-order valence-corrected chi connectivity index (χ2v) is 2.93. The highest BCUT2D eigenvalue weighted by Gasteiger charge is 2.41. The van der Waals surface area contributed by atoms with E-state index in [1.165, 1.54) is 0 Å². The van der Waals surface area contributed by atoms with Crippen LogP contribution in [-0.4, -0.2) is 16.3 Å². The summed E-state index contributed by atoms with van der Waals surface area (Å²) in [6.07, 6.45) is 3.54. The smallest absolute Gasteiger partial charge is 0.0943 e. The lowest BCUT2D eigenvalue weighted by Crippen LogP contribution is -2.13. The van der Waals surface area contributed by atoms with Gasteiger partial charge in [0.15, 0.2) is 0 Å². The van der Waals surface area contributed by atoms with Crippen LogP contribution in [0.15, 0.2) is 11.8 Å². The van der Waals surface area contributed by atoms with Crippen molar-refractivity contribution >= 4 is 0 Å². The standard InChI is InChI=1S/C7H10O2/c8-6-3-4-1-2-5(6)7(4)9/h3-5,7-9H,1-2H2. The Morgan fingerprint density at radius 3 is 2.44 bits per heavy atom. The molecule has 0 saturated heterocycles. The molecule has 0 aromatic rings. The van der Waals surface area contributed by atoms with Gasteiger partial charge < -0.3 is 10.2 Å². The van der Waals surface area contributed by atoms with Crippen LogP contribution >= 0.6 is 0 Å². The summed E-state index contributed by atoms with van der Waals surface area (Å²) in [6.45, 7) is 0. The van der Waals surface area contributed by atoms with E-state index in [0.29, 0.717) is 5.76 Å². The Labute approximate surface area is 53.8 Å². The van der Waals surface area contributed by atoms with E-state index < -0.39 is 0 Å². The van der Waals surface area contributed by atoms with Gasteiger partial charge in [-0.15, -0.1) is 0 Å². The molecule has 1 fully saturated rings. The molecule has 0 radical (unpaired) electrons. The van der Waals surface area contributed by atoms with Crippen molar-refractivity contribution in [3.8, 4) is 0 Å². The van der Waals surface area contributed by atoms with Crippen LogP contribution in [0.3, 0.4) is 0 Å². The second-order valence-electron chi connectivity index (χ2n) is 2.93. The Morgan fingerprint density at radius 2 is 2.22 bits per heavy atom. The summed E-state index contributed by atoms with van der Waals surface area (Å²) in [7, 11) is 0. The Kier molecular flexibility index (Phi) is 0.887. The summed E-state index contributed by atoms with van der Waals surface area (Å²) < 4.78 is 0. The van der Waals surface area contributed by atoms with E-state index in [2.05, 4.69) is 0 Å². The molecule has 2 heteroatoms. The Morgan fingerprint density at radius 1 is 1.44 bits per heavy atom. The molecular formula is C7H10O2. The molecule has 0 amide bonds. The molecule has 2 aliphatic rings. The zero-order valence-electron chi connectivity index (χ0n) is 5.12. The number of hydrogen-bond donors (Lipinski definition) is 2. The fourth-order valence-corrected chi connectivity index (χ4v) is 1.86. The van der Waals surface area contributed by atoms with Gasteiger partial charge in [0.1, 0.15) is 0 Å². The van der Waals surface area contributed by atoms with Gasteiger partial charge in [0.25, 0.3) is 0 Å². The maximum Gasteiger partial charge on any atom is 0.0943 e. The van der Waals surface area contributed by atoms with Gasteiger partial charge in [0.2, 0.25) is 0 Å². The van der Waals surface area contributed by atoms with Gasteiger partial charge in [-0.05, 0) is 18.9 Å². The minimum Gasteiger partial charge on any atom is -0.512 e. The lowest BCUT2D eigenvalue weighted by atomic mass is 10.1. The van der Waals surface area contributed by atoms with Crippen LogP contribution in [-0.2, 0) is 0 Å². The van der Waals surface area contributed by atoms with Crippen LogP contribution in [0.2, 0.25) is 0 Å². The van der Waals surface area contributed by atoms with Crippen molar-refractivity contribution in [1.82, 2.24) is 0 Å². The molecule has 0 spiro atoms. The van der Waals surface area contributed by atoms with Crippen molar-refractivity contribution < 1.29 is 10.2 Å². The third kappa shape index (κ3) is 0.540. The van der Waals surface area contributed by atoms with E-state index in [0.717, 1.165) is 12.8 Å². The number of fused-ring (bicyclic) bond motifs is 2. The predicted molar refractivity (Wildman–Crippen MR) is 32.9 cm³/mol. The summed E-state index contributed by atoms with van der Waals surface area (Å²) >= 11 is 0. The van der Waals surface area contributed by atoms with Crippen LogP contribution in [0.5, 0.6) is 0 Å². The van der Waals surface area contributed by atoms with Crippen molar-refractivity contribution in [2.45, 2.75) is 18.9 Å². The number of rotatable bonds is 0. The molecule has 2 aliphatic carbocycles. The van der Waals surface area contributed by atoms with Crippen molar-refractivity contribution in [2.75, 3.05) is 0 Å². The van der Waals surface area contributed by atoms with E-state index in [9.17, 15) is 5.11 Å². The lowest BCUT2D eigenvalue weighted by Gasteiger charge is -2.06. The fraction of sp³-hybridized carbons (Fsp3) is 0.714. The van der Waals surface area contributed by atoms with Crippen molar-refractivity contribution in [3.63, 3.8) is 0 Å². The minimum absolute atomic E-state index is 0.0787. The third-order valence-corrected chi connectivity index (χ3v) is 2.43. The maximum absolute atomic E-state index is 9.29. The van der Waals surface area contributed by atoms with Crippen LogP contribution in [0, 0.1) is 11.8 Å². The Balaban J connectivity index is 2.30. The van der Waals surface area contributed by atoms with E-state index in [-0.39, 0.29) is 17.9 Å². The van der Waals surface area contributed by atoms with E-state index in [1.807, 2.05) is 0 Å². The van der Waals surface area contributed by atoms with Gasteiger partial charge in [0.05, 0.1) is 11.9 Å². The van der Waals surface area contributed by atoms with Gasteiger partial charge >= 0.3 is 0 Å². The molecule has 2 nitrogen and oxygen atoms in total. The molecule has 9 heavy (non-hydrogen) atoms. The first-order valence-corrected chi connectivity index (χ1v) is 3.38. The molecule has 0 aromatic heterocycles. The molecule has 0 heterocycles. The Bertz CT molecular complexity index is 162. The summed E-state index contributed by atoms with van der Waals surface area (Å²) in [5, 5.41) is 18.4. The lowest BCUT2D eigenvalue weighted by molar-refractivity contribution is 0.122. The zero-order valence-corrected chi connectivity index (χ0v) is 5.12. The first-order chi connectivity index (χ1) is 4.29. The van der Waals surface area contributed by atoms with E-state index >= 15 is 0 Å². The molecule has 2 N–H and O–H groups in total. The van der Waals surface area contributed by atoms with Crippen molar-refractivity contribution in [1.29, 1.82) is 0 Å². The highest BCUT2D eigenvalue weighted by atomic mass is 16.3. The quantitative estimate of drug-likeness (QED) is 0.504. The van der Waals surface area contributed by atoms with Crippen LogP contribution in [0.4, 0.5) is 0 Å². The number of hydrogen-bond acceptors (Lipinski definition) is 2. The normalized spacial score (nSPS) is 47.7. The molecule has 0 aromatic carbocycles. The second kappa shape index (κ2) is 1.51. The molecule has 2 bridgehead atoms. The van der Waals surface area contributed by atoms with Crippen molar-refractivity contribution in [2.24, 2.45) is 11.8 Å². The monoisotopic (exact) mass is 126 g/mol. The van der Waals surface area contributed by atoms with Gasteiger partial charge in [0, 0.05) is 11.8 Å². The van der Waals surface area contributed by atoms with Gasteiger partial charge in [-0.25, -0.2) is 0 Å². The average molecular weight is 126 g/mol. The molecule has 0 aliphatic heterocycles. The van der Waals surface area contributed by atoms with Gasteiger partial charge in [-0.3, -0.25) is 0 Å². The first-order valence-electron chi connectivity index (χ1n) is 3.38. The largest absolute Gasteiger partial charge is 0.512 e. The maximum atomic E-state index is 9.29. The first kappa shape index (κ1) is 5.30. The SMILES string of the molecule is OC1=CC2CCC1C2O. The molecule has 3 unspecified atom stereocenters. The van der Waals surface area contributed by atoms with Crippen LogP contribution < -0.4 is 0 Å². The molecule has 2 rings (SSSR count). The number of aliphatic hydroxyl groups is 2. The highest BCUT2D eigenvalue weighted by molar-refractivity contribution is 5.17. The third-order valence-electron chi connectivity index (χ3n) is 2.43. The molecule has 3 atom stereocenters. The van der Waals surface area contributed by atoms with Gasteiger partial charge in [-0.2, -0.15) is 0 Å². The highest BCUT2D eigenvalue weighted by Crippen LogP contribution is 2.42. The zero-order chi connectivity index (χ0) is 6.43. The van der Waals surface area contributed by atoms with E-state index in [1.54, 1.807) is 6.08 Å². The van der Waals surface area contributed by atoms with E-state index in [4.69, 9.17) is 5.11 Å². The summed E-state index contributed by atoms with van der Waals surface area (Å²) in [5.41, 5.74) is 0. The summed E-state index contributed by atoms with van der Waals surface area (Å²) in [4.78, 5) is 0. The average Bonchev–Trinajstić information content (AvgIpc) is 2.25. The molecule has 50 valence electrons. The predicted octanol–water partition coefficient (Wildman–Crippen LogP) is 0.829. The summed E-state index contributed by atoms with van der Waals surface area (Å²) in [6, 6.07) is 0. The molecule has 1 saturated carbocycles. The fourth-order valence-electron chi connectivity index (χ4n) is 1.86. The van der Waals surface area contributed by atoms with Crippen LogP contribution in [0.25, 0.3) is 0 Å². The topological polar surface area (TPSA) is 40.5 Å². The molecular weight excluding hydrogens is 116 g/mol.